The van der Waals surface area contributed by atoms with Gasteiger partial charge in [-0.15, -0.1) is 5.10 Å². The fraction of sp³-hybridized carbons (Fsp3) is 0.0952. The van der Waals surface area contributed by atoms with E-state index >= 15 is 0 Å². The number of rotatable bonds is 6. The first-order valence-electron chi connectivity index (χ1n) is 8.56. The number of aromatic amines is 1. The Kier molecular flexibility index (Phi) is 5.16. The number of benzene rings is 2. The lowest BCUT2D eigenvalue weighted by Gasteiger charge is -1.95. The molecule has 4 aromatic rings. The van der Waals surface area contributed by atoms with E-state index in [9.17, 15) is 0 Å². The maximum Gasteiger partial charge on any atom is 0.226 e. The van der Waals surface area contributed by atoms with Crippen molar-refractivity contribution >= 4 is 23.9 Å². The number of aromatic nitrogens is 4. The Morgan fingerprint density at radius 1 is 1.00 bits per heavy atom. The Balaban J connectivity index is 1.36. The van der Waals surface area contributed by atoms with E-state index in [1.165, 1.54) is 17.3 Å². The second-order valence-electron chi connectivity index (χ2n) is 6.05. The molecule has 0 aliphatic rings. The van der Waals surface area contributed by atoms with E-state index in [4.69, 9.17) is 4.42 Å². The minimum atomic E-state index is 0.632. The summed E-state index contributed by atoms with van der Waals surface area (Å²) in [4.78, 5) is 9.01. The van der Waals surface area contributed by atoms with Gasteiger partial charge in [-0.25, -0.2) is 9.97 Å². The molecule has 0 saturated heterocycles. The van der Waals surface area contributed by atoms with Gasteiger partial charge in [-0.3, -0.25) is 5.10 Å². The van der Waals surface area contributed by atoms with Gasteiger partial charge in [0.1, 0.15) is 12.1 Å². The van der Waals surface area contributed by atoms with E-state index in [1.54, 1.807) is 6.26 Å². The summed E-state index contributed by atoms with van der Waals surface area (Å²) in [6, 6.07) is 18.2. The predicted octanol–water partition coefficient (Wildman–Crippen LogP) is 5.23. The van der Waals surface area contributed by atoms with E-state index in [2.05, 4.69) is 27.1 Å². The molecular weight excluding hydrogens is 356 g/mol. The van der Waals surface area contributed by atoms with Crippen LogP contribution >= 0.6 is 11.8 Å². The SMILES string of the molecule is Cc1ccc(-c2nc(CSc3n[nH]c(/C=C/c4ccccc4)n3)co2)cc1. The average Bonchev–Trinajstić information content (AvgIpc) is 3.36. The van der Waals surface area contributed by atoms with Gasteiger partial charge >= 0.3 is 0 Å². The van der Waals surface area contributed by atoms with Gasteiger partial charge < -0.3 is 4.42 Å². The molecule has 0 unspecified atom stereocenters. The fourth-order valence-corrected chi connectivity index (χ4v) is 3.16. The molecule has 0 fully saturated rings. The van der Waals surface area contributed by atoms with Crippen LogP contribution in [-0.2, 0) is 5.75 Å². The van der Waals surface area contributed by atoms with Gasteiger partial charge in [-0.1, -0.05) is 65.9 Å². The van der Waals surface area contributed by atoms with Gasteiger partial charge in [-0.05, 0) is 30.7 Å². The Labute approximate surface area is 161 Å². The van der Waals surface area contributed by atoms with Crippen LogP contribution in [0.1, 0.15) is 22.6 Å². The fourth-order valence-electron chi connectivity index (χ4n) is 2.48. The summed E-state index contributed by atoms with van der Waals surface area (Å²) in [5, 5.41) is 7.85. The molecule has 2 heterocycles. The van der Waals surface area contributed by atoms with Gasteiger partial charge in [-0.2, -0.15) is 0 Å². The van der Waals surface area contributed by atoms with Crippen molar-refractivity contribution in [3.63, 3.8) is 0 Å². The number of hydrogen-bond donors (Lipinski definition) is 1. The first-order chi connectivity index (χ1) is 13.3. The highest BCUT2D eigenvalue weighted by atomic mass is 32.2. The lowest BCUT2D eigenvalue weighted by atomic mass is 10.1. The van der Waals surface area contributed by atoms with Crippen LogP contribution in [0.5, 0.6) is 0 Å². The van der Waals surface area contributed by atoms with E-state index < -0.39 is 0 Å². The Bertz CT molecular complexity index is 1040. The van der Waals surface area contributed by atoms with Crippen LogP contribution in [0.4, 0.5) is 0 Å². The van der Waals surface area contributed by atoms with Gasteiger partial charge in [0.05, 0.1) is 5.69 Å². The Hall–Kier alpha value is -3.12. The van der Waals surface area contributed by atoms with Crippen LogP contribution in [0.15, 0.2) is 70.4 Å². The van der Waals surface area contributed by atoms with Crippen molar-refractivity contribution in [3.8, 4) is 11.5 Å². The lowest BCUT2D eigenvalue weighted by molar-refractivity contribution is 0.573. The van der Waals surface area contributed by atoms with Crippen LogP contribution in [0, 0.1) is 6.92 Å². The smallest absolute Gasteiger partial charge is 0.226 e. The van der Waals surface area contributed by atoms with Crippen LogP contribution < -0.4 is 0 Å². The van der Waals surface area contributed by atoms with Crippen molar-refractivity contribution < 1.29 is 4.42 Å². The summed E-state index contributed by atoms with van der Waals surface area (Å²) in [6.07, 6.45) is 5.60. The van der Waals surface area contributed by atoms with Gasteiger partial charge in [0.2, 0.25) is 11.0 Å². The number of aryl methyl sites for hydroxylation is 1. The largest absolute Gasteiger partial charge is 0.444 e. The molecule has 0 radical (unpaired) electrons. The van der Waals surface area contributed by atoms with Crippen molar-refractivity contribution in [1.29, 1.82) is 0 Å². The Morgan fingerprint density at radius 2 is 1.81 bits per heavy atom. The van der Waals surface area contributed by atoms with Crippen molar-refractivity contribution in [2.45, 2.75) is 17.8 Å². The number of thioether (sulfide) groups is 1. The van der Waals surface area contributed by atoms with Gasteiger partial charge in [0.15, 0.2) is 0 Å². The molecule has 134 valence electrons. The number of hydrogen-bond acceptors (Lipinski definition) is 5. The average molecular weight is 374 g/mol. The summed E-state index contributed by atoms with van der Waals surface area (Å²) in [7, 11) is 0. The van der Waals surface area contributed by atoms with Crippen molar-refractivity contribution in [3.05, 3.63) is 83.5 Å². The van der Waals surface area contributed by atoms with Crippen LogP contribution in [-0.4, -0.2) is 20.2 Å². The summed E-state index contributed by atoms with van der Waals surface area (Å²) < 4.78 is 5.59. The first kappa shape index (κ1) is 17.3. The first-order valence-corrected chi connectivity index (χ1v) is 9.54. The van der Waals surface area contributed by atoms with Crippen LogP contribution in [0.2, 0.25) is 0 Å². The molecule has 6 heteroatoms. The third-order valence-corrected chi connectivity index (χ3v) is 4.80. The van der Waals surface area contributed by atoms with E-state index in [-0.39, 0.29) is 0 Å². The summed E-state index contributed by atoms with van der Waals surface area (Å²) in [6.45, 7) is 2.06. The van der Waals surface area contributed by atoms with Crippen molar-refractivity contribution in [1.82, 2.24) is 20.2 Å². The highest BCUT2D eigenvalue weighted by molar-refractivity contribution is 7.98. The van der Waals surface area contributed by atoms with Crippen molar-refractivity contribution in [2.75, 3.05) is 0 Å². The Morgan fingerprint density at radius 3 is 2.63 bits per heavy atom. The highest BCUT2D eigenvalue weighted by Gasteiger charge is 2.09. The van der Waals surface area contributed by atoms with Gasteiger partial charge in [0, 0.05) is 11.3 Å². The van der Waals surface area contributed by atoms with E-state index in [1.807, 2.05) is 66.7 Å². The maximum absolute atomic E-state index is 5.59. The van der Waals surface area contributed by atoms with Gasteiger partial charge in [0.25, 0.3) is 0 Å². The molecule has 4 rings (SSSR count). The predicted molar refractivity (Wildman–Crippen MR) is 108 cm³/mol. The molecule has 0 spiro atoms. The number of H-pyrrole nitrogens is 1. The molecule has 2 aromatic carbocycles. The van der Waals surface area contributed by atoms with Crippen molar-refractivity contribution in [2.24, 2.45) is 0 Å². The summed E-state index contributed by atoms with van der Waals surface area (Å²) in [5.74, 6) is 2.00. The second kappa shape index (κ2) is 8.05. The topological polar surface area (TPSA) is 67.6 Å². The van der Waals surface area contributed by atoms with Crippen LogP contribution in [0.25, 0.3) is 23.6 Å². The molecule has 0 amide bonds. The molecule has 0 aliphatic heterocycles. The third-order valence-electron chi connectivity index (χ3n) is 3.91. The second-order valence-corrected chi connectivity index (χ2v) is 6.99. The zero-order valence-electron chi connectivity index (χ0n) is 14.8. The minimum absolute atomic E-state index is 0.632. The molecule has 0 saturated carbocycles. The molecular formula is C21H18N4OS. The number of nitrogens with one attached hydrogen (secondary N) is 1. The summed E-state index contributed by atoms with van der Waals surface area (Å²) in [5.41, 5.74) is 4.17. The molecule has 0 atom stereocenters. The molecule has 27 heavy (non-hydrogen) atoms. The summed E-state index contributed by atoms with van der Waals surface area (Å²) >= 11 is 1.52. The molecule has 0 aliphatic carbocycles. The molecule has 5 nitrogen and oxygen atoms in total. The lowest BCUT2D eigenvalue weighted by Crippen LogP contribution is -1.84. The number of oxazole rings is 1. The standard InChI is InChI=1S/C21H18N4OS/c1-15-7-10-17(11-8-15)20-22-18(13-26-20)14-27-21-23-19(24-25-21)12-9-16-5-3-2-4-6-16/h2-13H,14H2,1H3,(H,23,24,25)/b12-9+. The molecule has 1 N–H and O–H groups in total. The van der Waals surface area contributed by atoms with E-state index in [0.29, 0.717) is 16.8 Å². The normalized spacial score (nSPS) is 11.3. The monoisotopic (exact) mass is 374 g/mol. The molecule has 0 bridgehead atoms. The number of nitrogens with zero attached hydrogens (tertiary/aromatic N) is 3. The highest BCUT2D eigenvalue weighted by Crippen LogP contribution is 2.23. The molecule has 2 aromatic heterocycles. The minimum Gasteiger partial charge on any atom is -0.444 e. The quantitative estimate of drug-likeness (QED) is 0.468. The van der Waals surface area contributed by atoms with Crippen LogP contribution in [0.3, 0.4) is 0 Å². The third kappa shape index (κ3) is 4.54. The zero-order chi connectivity index (χ0) is 18.5. The maximum atomic E-state index is 5.59. The van der Waals surface area contributed by atoms with E-state index in [0.717, 1.165) is 22.6 Å². The zero-order valence-corrected chi connectivity index (χ0v) is 15.6.